The molecule has 0 aliphatic heterocycles. The average Bonchev–Trinajstić information content (AvgIpc) is 3.05. The number of imidazole rings is 1. The number of hydrogen-bond donors (Lipinski definition) is 1. The molecule has 2 aromatic rings. The minimum atomic E-state index is 0.603. The number of hydrogen-bond acceptors (Lipinski definition) is 2. The predicted octanol–water partition coefficient (Wildman–Crippen LogP) is 4.38. The normalized spacial score (nSPS) is 14.9. The number of benzene rings is 1. The molecule has 1 saturated carbocycles. The topological polar surface area (TPSA) is 29.9 Å². The van der Waals surface area contributed by atoms with E-state index < -0.39 is 0 Å². The zero-order valence-corrected chi connectivity index (χ0v) is 11.4. The van der Waals surface area contributed by atoms with Crippen LogP contribution in [0.3, 0.4) is 0 Å². The van der Waals surface area contributed by atoms with E-state index in [9.17, 15) is 0 Å². The van der Waals surface area contributed by atoms with Crippen molar-refractivity contribution in [2.75, 3.05) is 5.32 Å². The highest BCUT2D eigenvalue weighted by molar-refractivity contribution is 9.10. The van der Waals surface area contributed by atoms with Crippen molar-refractivity contribution in [3.63, 3.8) is 0 Å². The molecule has 0 bridgehead atoms. The van der Waals surface area contributed by atoms with E-state index in [1.165, 1.54) is 12.8 Å². The molecule has 88 valence electrons. The lowest BCUT2D eigenvalue weighted by molar-refractivity contribution is 0.751. The summed E-state index contributed by atoms with van der Waals surface area (Å²) in [6, 6.07) is 6.33. The molecule has 1 aromatic heterocycles. The summed E-state index contributed by atoms with van der Waals surface area (Å²) in [5.41, 5.74) is 0.870. The maximum atomic E-state index is 6.14. The zero-order chi connectivity index (χ0) is 11.8. The molecule has 0 radical (unpaired) electrons. The van der Waals surface area contributed by atoms with Crippen molar-refractivity contribution < 1.29 is 0 Å². The first-order valence-electron chi connectivity index (χ1n) is 5.49. The Bertz CT molecular complexity index is 548. The number of aromatic nitrogens is 2. The van der Waals surface area contributed by atoms with E-state index in [0.717, 1.165) is 16.1 Å². The second-order valence-corrected chi connectivity index (χ2v) is 5.46. The average molecular weight is 313 g/mol. The van der Waals surface area contributed by atoms with Gasteiger partial charge in [-0.25, -0.2) is 4.98 Å². The maximum absolute atomic E-state index is 6.14. The van der Waals surface area contributed by atoms with Crippen LogP contribution in [0.25, 0.3) is 0 Å². The fraction of sp³-hybridized carbons (Fsp3) is 0.250. The van der Waals surface area contributed by atoms with Crippen LogP contribution in [-0.4, -0.2) is 9.55 Å². The van der Waals surface area contributed by atoms with Crippen molar-refractivity contribution in [2.24, 2.45) is 0 Å². The highest BCUT2D eigenvalue weighted by atomic mass is 79.9. The van der Waals surface area contributed by atoms with Crippen LogP contribution >= 0.6 is 27.5 Å². The Labute approximate surface area is 113 Å². The van der Waals surface area contributed by atoms with Crippen LogP contribution in [0.1, 0.15) is 18.9 Å². The molecule has 0 amide bonds. The van der Waals surface area contributed by atoms with Gasteiger partial charge in [0.05, 0.1) is 10.7 Å². The molecular weight excluding hydrogens is 302 g/mol. The lowest BCUT2D eigenvalue weighted by atomic mass is 10.3. The van der Waals surface area contributed by atoms with Gasteiger partial charge in [-0.2, -0.15) is 0 Å². The maximum Gasteiger partial charge on any atom is 0.207 e. The highest BCUT2D eigenvalue weighted by Crippen LogP contribution is 2.38. The molecule has 1 aliphatic carbocycles. The Hall–Kier alpha value is -1.00. The fourth-order valence-corrected chi connectivity index (χ4v) is 2.30. The monoisotopic (exact) mass is 311 g/mol. The molecule has 0 unspecified atom stereocenters. The van der Waals surface area contributed by atoms with Gasteiger partial charge in [0.1, 0.15) is 0 Å². The van der Waals surface area contributed by atoms with Crippen LogP contribution in [0.5, 0.6) is 0 Å². The van der Waals surface area contributed by atoms with Crippen LogP contribution in [0.2, 0.25) is 5.02 Å². The highest BCUT2D eigenvalue weighted by Gasteiger charge is 2.25. The van der Waals surface area contributed by atoms with Gasteiger partial charge in [0.15, 0.2) is 0 Å². The molecule has 1 aromatic carbocycles. The van der Waals surface area contributed by atoms with Gasteiger partial charge in [-0.3, -0.25) is 0 Å². The van der Waals surface area contributed by atoms with E-state index in [-0.39, 0.29) is 0 Å². The molecule has 0 spiro atoms. The zero-order valence-electron chi connectivity index (χ0n) is 9.03. The van der Waals surface area contributed by atoms with E-state index in [1.807, 2.05) is 30.6 Å². The third-order valence-electron chi connectivity index (χ3n) is 2.78. The standard InChI is InChI=1S/C12H11BrClN3/c13-8-1-4-10(14)11(7-8)16-12-15-5-6-17(12)9-2-3-9/h1,4-7,9H,2-3H2,(H,15,16). The summed E-state index contributed by atoms with van der Waals surface area (Å²) in [6.07, 6.45) is 6.28. The van der Waals surface area contributed by atoms with Crippen LogP contribution in [0, 0.1) is 0 Å². The predicted molar refractivity (Wildman–Crippen MR) is 72.9 cm³/mol. The SMILES string of the molecule is Clc1ccc(Br)cc1Nc1nccn1C1CC1. The smallest absolute Gasteiger partial charge is 0.207 e. The Kier molecular flexibility index (Phi) is 2.84. The van der Waals surface area contributed by atoms with E-state index >= 15 is 0 Å². The second-order valence-electron chi connectivity index (χ2n) is 4.14. The van der Waals surface area contributed by atoms with Gasteiger partial charge in [-0.1, -0.05) is 27.5 Å². The lowest BCUT2D eigenvalue weighted by Crippen LogP contribution is -2.01. The summed E-state index contributed by atoms with van der Waals surface area (Å²) in [6.45, 7) is 0. The van der Waals surface area contributed by atoms with Gasteiger partial charge >= 0.3 is 0 Å². The molecule has 1 aliphatic rings. The molecular formula is C12H11BrClN3. The Morgan fingerprint density at radius 3 is 3.00 bits per heavy atom. The summed E-state index contributed by atoms with van der Waals surface area (Å²) >= 11 is 9.57. The minimum absolute atomic E-state index is 0.603. The molecule has 1 heterocycles. The van der Waals surface area contributed by atoms with E-state index in [4.69, 9.17) is 11.6 Å². The van der Waals surface area contributed by atoms with E-state index in [1.54, 1.807) is 0 Å². The van der Waals surface area contributed by atoms with E-state index in [2.05, 4.69) is 30.8 Å². The fourth-order valence-electron chi connectivity index (χ4n) is 1.77. The van der Waals surface area contributed by atoms with Crippen molar-refractivity contribution in [1.82, 2.24) is 9.55 Å². The summed E-state index contributed by atoms with van der Waals surface area (Å²) < 4.78 is 3.16. The van der Waals surface area contributed by atoms with Crippen molar-refractivity contribution in [2.45, 2.75) is 18.9 Å². The second kappa shape index (κ2) is 4.35. The van der Waals surface area contributed by atoms with Crippen molar-refractivity contribution in [1.29, 1.82) is 0 Å². The molecule has 1 N–H and O–H groups in total. The quantitative estimate of drug-likeness (QED) is 0.911. The molecule has 3 rings (SSSR count). The largest absolute Gasteiger partial charge is 0.324 e. The first-order chi connectivity index (χ1) is 8.24. The van der Waals surface area contributed by atoms with Gasteiger partial charge < -0.3 is 9.88 Å². The Balaban J connectivity index is 1.90. The van der Waals surface area contributed by atoms with Crippen LogP contribution in [0.4, 0.5) is 11.6 Å². The van der Waals surface area contributed by atoms with Crippen molar-refractivity contribution in [3.05, 3.63) is 40.1 Å². The first-order valence-corrected chi connectivity index (χ1v) is 6.66. The number of nitrogens with zero attached hydrogens (tertiary/aromatic N) is 2. The number of halogens is 2. The van der Waals surface area contributed by atoms with Gasteiger partial charge in [0.2, 0.25) is 5.95 Å². The Morgan fingerprint density at radius 1 is 1.41 bits per heavy atom. The number of anilines is 2. The van der Waals surface area contributed by atoms with Crippen LogP contribution in [0.15, 0.2) is 35.1 Å². The number of nitrogens with one attached hydrogen (secondary N) is 1. The summed E-state index contributed by atoms with van der Waals surface area (Å²) in [7, 11) is 0. The summed E-state index contributed by atoms with van der Waals surface area (Å²) in [5, 5.41) is 3.97. The molecule has 5 heteroatoms. The molecule has 1 fully saturated rings. The third-order valence-corrected chi connectivity index (χ3v) is 3.61. The van der Waals surface area contributed by atoms with Crippen molar-refractivity contribution in [3.8, 4) is 0 Å². The lowest BCUT2D eigenvalue weighted by Gasteiger charge is -2.10. The summed E-state index contributed by atoms with van der Waals surface area (Å²) in [4.78, 5) is 4.32. The van der Waals surface area contributed by atoms with Crippen LogP contribution < -0.4 is 5.32 Å². The van der Waals surface area contributed by atoms with Gasteiger partial charge in [0, 0.05) is 22.9 Å². The van der Waals surface area contributed by atoms with Gasteiger partial charge in [-0.15, -0.1) is 0 Å². The summed E-state index contributed by atoms with van der Waals surface area (Å²) in [5.74, 6) is 0.854. The number of rotatable bonds is 3. The first kappa shape index (κ1) is 11.1. The van der Waals surface area contributed by atoms with E-state index in [0.29, 0.717) is 11.1 Å². The molecule has 0 atom stereocenters. The Morgan fingerprint density at radius 2 is 2.24 bits per heavy atom. The molecule has 3 nitrogen and oxygen atoms in total. The van der Waals surface area contributed by atoms with Crippen LogP contribution in [-0.2, 0) is 0 Å². The van der Waals surface area contributed by atoms with Gasteiger partial charge in [0.25, 0.3) is 0 Å². The minimum Gasteiger partial charge on any atom is -0.324 e. The third kappa shape index (κ3) is 2.33. The molecule has 17 heavy (non-hydrogen) atoms. The van der Waals surface area contributed by atoms with Gasteiger partial charge in [-0.05, 0) is 31.0 Å². The van der Waals surface area contributed by atoms with Crippen molar-refractivity contribution >= 4 is 39.2 Å². The molecule has 0 saturated heterocycles.